The van der Waals surface area contributed by atoms with Gasteiger partial charge in [-0.2, -0.15) is 0 Å². The lowest BCUT2D eigenvalue weighted by Crippen LogP contribution is -2.44. The monoisotopic (exact) mass is 626 g/mol. The Bertz CT molecular complexity index is 1490. The molecule has 3 amide bonds. The van der Waals surface area contributed by atoms with Crippen molar-refractivity contribution in [3.63, 3.8) is 0 Å². The normalized spacial score (nSPS) is 16.0. The Morgan fingerprint density at radius 1 is 1.08 bits per heavy atom. The number of fused-ring (bicyclic) bond motifs is 1. The van der Waals surface area contributed by atoms with Gasteiger partial charge in [0.2, 0.25) is 5.91 Å². The molecule has 200 valence electrons. The number of carbonyl (C=O) groups excluding carboxylic acids is 3. The van der Waals surface area contributed by atoms with Crippen molar-refractivity contribution in [2.45, 2.75) is 19.6 Å². The topological polar surface area (TPSA) is 76.2 Å². The zero-order valence-electron chi connectivity index (χ0n) is 21.0. The first-order valence-electron chi connectivity index (χ1n) is 12.2. The summed E-state index contributed by atoms with van der Waals surface area (Å²) in [7, 11) is 1.52. The van der Waals surface area contributed by atoms with Gasteiger partial charge >= 0.3 is 0 Å². The summed E-state index contributed by atoms with van der Waals surface area (Å²) in [5.74, 6) is 0.191. The van der Waals surface area contributed by atoms with Crippen LogP contribution in [0, 0.1) is 0 Å². The highest BCUT2D eigenvalue weighted by molar-refractivity contribution is 9.10. The summed E-state index contributed by atoms with van der Waals surface area (Å²) < 4.78 is 12.1. The molecule has 1 saturated heterocycles. The number of rotatable bonds is 7. The second-order valence-electron chi connectivity index (χ2n) is 9.01. The van der Waals surface area contributed by atoms with Crippen LogP contribution < -0.4 is 9.47 Å². The number of imide groups is 1. The van der Waals surface area contributed by atoms with Crippen LogP contribution in [0.5, 0.6) is 11.5 Å². The fourth-order valence-electron chi connectivity index (χ4n) is 4.43. The maximum Gasteiger partial charge on any atom is 0.294 e. The predicted octanol–water partition coefficient (Wildman–Crippen LogP) is 6.31. The molecule has 0 aliphatic carbocycles. The van der Waals surface area contributed by atoms with Gasteiger partial charge in [0.1, 0.15) is 13.2 Å². The smallest absolute Gasteiger partial charge is 0.294 e. The van der Waals surface area contributed by atoms with Gasteiger partial charge in [-0.05, 0) is 59.1 Å². The Hall–Kier alpha value is -3.27. The molecule has 7 nitrogen and oxygen atoms in total. The van der Waals surface area contributed by atoms with E-state index in [1.54, 1.807) is 29.2 Å². The number of hydrogen-bond acceptors (Lipinski definition) is 6. The maximum absolute atomic E-state index is 13.1. The Morgan fingerprint density at radius 3 is 2.59 bits per heavy atom. The van der Waals surface area contributed by atoms with E-state index in [2.05, 4.69) is 22.0 Å². The molecule has 3 aromatic rings. The van der Waals surface area contributed by atoms with Gasteiger partial charge in [-0.25, -0.2) is 0 Å². The second-order valence-corrected chi connectivity index (χ2v) is 11.3. The average molecular weight is 628 g/mol. The Balaban J connectivity index is 1.29. The molecule has 2 heterocycles. The second kappa shape index (κ2) is 11.9. The summed E-state index contributed by atoms with van der Waals surface area (Å²) in [6.07, 6.45) is 2.36. The standard InChI is InChI=1S/C29H24BrClN2O5S/c1-37-24-12-21(22(30)14-25(24)38-17-20-8-4-5-9-23(20)31)13-26-28(35)33(29(36)39-26)16-27(34)32-11-10-18-6-2-3-7-19(18)15-32/h2-9,12-14H,10-11,15-17H2,1H3/b26-13-. The van der Waals surface area contributed by atoms with Crippen molar-refractivity contribution < 1.29 is 23.9 Å². The molecule has 0 bridgehead atoms. The van der Waals surface area contributed by atoms with Crippen molar-refractivity contribution in [2.24, 2.45) is 0 Å². The van der Waals surface area contributed by atoms with Crippen LogP contribution in [0.3, 0.4) is 0 Å². The molecule has 2 aliphatic heterocycles. The van der Waals surface area contributed by atoms with E-state index in [9.17, 15) is 14.4 Å². The van der Waals surface area contributed by atoms with Crippen LogP contribution in [0.2, 0.25) is 5.02 Å². The van der Waals surface area contributed by atoms with Crippen molar-refractivity contribution in [1.82, 2.24) is 9.80 Å². The van der Waals surface area contributed by atoms with Crippen LogP contribution in [0.1, 0.15) is 22.3 Å². The maximum atomic E-state index is 13.1. The van der Waals surface area contributed by atoms with E-state index in [0.717, 1.165) is 34.2 Å². The average Bonchev–Trinajstić information content (AvgIpc) is 3.20. The van der Waals surface area contributed by atoms with Gasteiger partial charge in [-0.1, -0.05) is 70.0 Å². The van der Waals surface area contributed by atoms with Crippen LogP contribution >= 0.6 is 39.3 Å². The van der Waals surface area contributed by atoms with E-state index in [0.29, 0.717) is 39.6 Å². The van der Waals surface area contributed by atoms with E-state index < -0.39 is 11.1 Å². The zero-order valence-corrected chi connectivity index (χ0v) is 24.1. The lowest BCUT2D eigenvalue weighted by atomic mass is 10.00. The minimum absolute atomic E-state index is 0.226. The minimum atomic E-state index is -0.499. The third-order valence-corrected chi connectivity index (χ3v) is 8.52. The van der Waals surface area contributed by atoms with Crippen LogP contribution in [0.25, 0.3) is 6.08 Å². The Morgan fingerprint density at radius 2 is 1.82 bits per heavy atom. The molecule has 1 fully saturated rings. The SMILES string of the molecule is COc1cc(/C=C2\SC(=O)N(CC(=O)N3CCc4ccccc4C3)C2=O)c(Br)cc1OCc1ccccc1Cl. The van der Waals surface area contributed by atoms with Crippen LogP contribution in [-0.4, -0.2) is 47.1 Å². The van der Waals surface area contributed by atoms with Crippen molar-refractivity contribution in [2.75, 3.05) is 20.2 Å². The Kier molecular flexibility index (Phi) is 8.30. The number of halogens is 2. The number of amides is 3. The fourth-order valence-corrected chi connectivity index (χ4v) is 5.88. The van der Waals surface area contributed by atoms with Crippen molar-refractivity contribution in [1.29, 1.82) is 0 Å². The first-order valence-corrected chi connectivity index (χ1v) is 14.2. The van der Waals surface area contributed by atoms with Gasteiger partial charge in [-0.15, -0.1) is 0 Å². The van der Waals surface area contributed by atoms with Crippen molar-refractivity contribution >= 4 is 62.4 Å². The van der Waals surface area contributed by atoms with E-state index in [1.165, 1.54) is 12.7 Å². The number of ether oxygens (including phenoxy) is 2. The molecular formula is C29H24BrClN2O5S. The van der Waals surface area contributed by atoms with Gasteiger partial charge in [0.25, 0.3) is 11.1 Å². The summed E-state index contributed by atoms with van der Waals surface area (Å²) in [4.78, 5) is 41.7. The number of thioether (sulfide) groups is 1. The van der Waals surface area contributed by atoms with Crippen LogP contribution in [0.4, 0.5) is 4.79 Å². The highest BCUT2D eigenvalue weighted by Gasteiger charge is 2.37. The molecule has 0 saturated carbocycles. The molecule has 0 spiro atoms. The van der Waals surface area contributed by atoms with E-state index >= 15 is 0 Å². The molecule has 0 atom stereocenters. The highest BCUT2D eigenvalue weighted by atomic mass is 79.9. The zero-order chi connectivity index (χ0) is 27.5. The summed E-state index contributed by atoms with van der Waals surface area (Å²) >= 11 is 10.6. The molecule has 0 N–H and O–H groups in total. The summed E-state index contributed by atoms with van der Waals surface area (Å²) in [6, 6.07) is 18.8. The molecule has 0 radical (unpaired) electrons. The number of methoxy groups -OCH3 is 1. The molecule has 10 heteroatoms. The molecule has 2 aliphatic rings. The summed E-state index contributed by atoms with van der Waals surface area (Å²) in [5.41, 5.74) is 3.76. The van der Waals surface area contributed by atoms with Gasteiger partial charge in [0, 0.05) is 28.1 Å². The fraction of sp³-hybridized carbons (Fsp3) is 0.207. The van der Waals surface area contributed by atoms with Gasteiger partial charge < -0.3 is 14.4 Å². The number of benzene rings is 3. The summed E-state index contributed by atoms with van der Waals surface area (Å²) in [5, 5.41) is 0.131. The molecule has 0 aromatic heterocycles. The molecular weight excluding hydrogens is 604 g/mol. The highest BCUT2D eigenvalue weighted by Crippen LogP contribution is 2.38. The van der Waals surface area contributed by atoms with Gasteiger partial charge in [0.15, 0.2) is 11.5 Å². The molecule has 3 aromatic carbocycles. The Labute approximate surface area is 243 Å². The van der Waals surface area contributed by atoms with Gasteiger partial charge in [-0.3, -0.25) is 19.3 Å². The van der Waals surface area contributed by atoms with Crippen molar-refractivity contribution in [3.05, 3.63) is 97.3 Å². The lowest BCUT2D eigenvalue weighted by molar-refractivity contribution is -0.136. The number of nitrogens with zero attached hydrogens (tertiary/aromatic N) is 2. The quantitative estimate of drug-likeness (QED) is 0.286. The number of carbonyl (C=O) groups is 3. The first-order chi connectivity index (χ1) is 18.8. The third kappa shape index (κ3) is 6.00. The largest absolute Gasteiger partial charge is 0.493 e. The van der Waals surface area contributed by atoms with Crippen LogP contribution in [0.15, 0.2) is 70.0 Å². The van der Waals surface area contributed by atoms with E-state index in [4.69, 9.17) is 21.1 Å². The molecule has 39 heavy (non-hydrogen) atoms. The molecule has 0 unspecified atom stereocenters. The molecule has 5 rings (SSSR count). The van der Waals surface area contributed by atoms with Crippen LogP contribution in [-0.2, 0) is 29.2 Å². The lowest BCUT2D eigenvalue weighted by Gasteiger charge is -2.29. The van der Waals surface area contributed by atoms with Gasteiger partial charge in [0.05, 0.1) is 12.0 Å². The van der Waals surface area contributed by atoms with E-state index in [1.807, 2.05) is 36.4 Å². The minimum Gasteiger partial charge on any atom is -0.493 e. The number of hydrogen-bond donors (Lipinski definition) is 0. The van der Waals surface area contributed by atoms with E-state index in [-0.39, 0.29) is 24.0 Å². The third-order valence-electron chi connectivity index (χ3n) is 6.56. The van der Waals surface area contributed by atoms with Crippen molar-refractivity contribution in [3.8, 4) is 11.5 Å². The predicted molar refractivity (Wildman–Crippen MR) is 155 cm³/mol. The summed E-state index contributed by atoms with van der Waals surface area (Å²) in [6.45, 7) is 0.985. The first kappa shape index (κ1) is 27.3.